The van der Waals surface area contributed by atoms with Crippen LogP contribution in [0.1, 0.15) is 45.1 Å². The standard InChI is InChI=1S/C23H28N2O4S2/c1-3-29-22(27)11-21-25(23(28)19(31-21)10-16-6-7-30-13-16)12-20(26)24-14(2)18-9-15-4-5-17(18)8-15/h6-7,10-11,13-15,17-18H,3-5,8-9,12H2,1-2H3,(H,24,26)/b19-10+,21-11+. The van der Waals surface area contributed by atoms with Gasteiger partial charge < -0.3 is 10.1 Å². The van der Waals surface area contributed by atoms with Crippen LogP contribution < -0.4 is 20.1 Å². The van der Waals surface area contributed by atoms with Crippen molar-refractivity contribution in [2.75, 3.05) is 6.61 Å². The minimum atomic E-state index is -0.518. The van der Waals surface area contributed by atoms with E-state index in [9.17, 15) is 14.4 Å². The van der Waals surface area contributed by atoms with E-state index in [0.29, 0.717) is 21.0 Å². The van der Waals surface area contributed by atoms with Crippen molar-refractivity contribution in [1.82, 2.24) is 9.88 Å². The summed E-state index contributed by atoms with van der Waals surface area (Å²) in [5.74, 6) is 1.33. The maximum atomic E-state index is 13.0. The van der Waals surface area contributed by atoms with Crippen molar-refractivity contribution >= 4 is 46.7 Å². The molecule has 2 saturated carbocycles. The van der Waals surface area contributed by atoms with E-state index in [1.807, 2.05) is 16.8 Å². The van der Waals surface area contributed by atoms with Crippen molar-refractivity contribution in [2.45, 2.75) is 52.1 Å². The highest BCUT2D eigenvalue weighted by Crippen LogP contribution is 2.49. The average molecular weight is 461 g/mol. The zero-order valence-electron chi connectivity index (χ0n) is 17.8. The zero-order valence-corrected chi connectivity index (χ0v) is 19.5. The van der Waals surface area contributed by atoms with Gasteiger partial charge in [0.05, 0.1) is 17.2 Å². The minimum Gasteiger partial charge on any atom is -0.463 e. The monoisotopic (exact) mass is 460 g/mol. The Labute approximate surface area is 189 Å². The van der Waals surface area contributed by atoms with Gasteiger partial charge in [-0.25, -0.2) is 4.79 Å². The summed E-state index contributed by atoms with van der Waals surface area (Å²) in [5.41, 5.74) is 0.655. The number of amides is 1. The lowest BCUT2D eigenvalue weighted by atomic mass is 9.84. The number of hydrogen-bond acceptors (Lipinski definition) is 6. The van der Waals surface area contributed by atoms with Gasteiger partial charge in [0.15, 0.2) is 0 Å². The van der Waals surface area contributed by atoms with Gasteiger partial charge >= 0.3 is 5.97 Å². The summed E-state index contributed by atoms with van der Waals surface area (Å²) in [5, 5.41) is 7.00. The van der Waals surface area contributed by atoms with Gasteiger partial charge in [-0.05, 0) is 79.3 Å². The lowest BCUT2D eigenvalue weighted by Crippen LogP contribution is -2.44. The first-order valence-electron chi connectivity index (χ1n) is 10.9. The normalized spacial score (nSPS) is 24.5. The number of thiophene rings is 1. The average Bonchev–Trinajstić information content (AvgIpc) is 3.51. The molecule has 0 radical (unpaired) electrons. The summed E-state index contributed by atoms with van der Waals surface area (Å²) >= 11 is 2.74. The molecular formula is C23H28N2O4S2. The van der Waals surface area contributed by atoms with Crippen LogP contribution in [-0.4, -0.2) is 29.1 Å². The third-order valence-corrected chi connectivity index (χ3v) is 8.19. The number of thiazole rings is 1. The number of esters is 1. The van der Waals surface area contributed by atoms with Gasteiger partial charge in [-0.2, -0.15) is 11.3 Å². The van der Waals surface area contributed by atoms with Gasteiger partial charge in [-0.3, -0.25) is 14.2 Å². The number of carbonyl (C=O) groups is 2. The molecule has 4 unspecified atom stereocenters. The molecule has 2 aliphatic rings. The largest absolute Gasteiger partial charge is 0.463 e. The van der Waals surface area contributed by atoms with E-state index < -0.39 is 5.97 Å². The molecule has 0 aliphatic heterocycles. The third-order valence-electron chi connectivity index (χ3n) is 6.43. The van der Waals surface area contributed by atoms with Crippen LogP contribution in [0.4, 0.5) is 0 Å². The van der Waals surface area contributed by atoms with Crippen LogP contribution in [0.3, 0.4) is 0 Å². The number of nitrogens with one attached hydrogen (secondary N) is 1. The van der Waals surface area contributed by atoms with Crippen LogP contribution in [0.2, 0.25) is 0 Å². The van der Waals surface area contributed by atoms with Crippen LogP contribution in [0, 0.1) is 17.8 Å². The molecule has 2 aliphatic carbocycles. The highest BCUT2D eigenvalue weighted by Gasteiger charge is 2.42. The second kappa shape index (κ2) is 9.53. The molecule has 31 heavy (non-hydrogen) atoms. The number of aromatic nitrogens is 1. The second-order valence-corrected chi connectivity index (χ2v) is 10.3. The molecule has 6 nitrogen and oxygen atoms in total. The maximum Gasteiger partial charge on any atom is 0.333 e. The molecule has 0 aromatic carbocycles. The molecule has 1 amide bonds. The molecule has 4 rings (SSSR count). The quantitative estimate of drug-likeness (QED) is 0.642. The Hall–Kier alpha value is -2.19. The molecule has 2 heterocycles. The molecule has 2 aromatic rings. The topological polar surface area (TPSA) is 77.4 Å². The lowest BCUT2D eigenvalue weighted by Gasteiger charge is -2.28. The molecular weight excluding hydrogens is 432 g/mol. The number of rotatable bonds is 7. The van der Waals surface area contributed by atoms with Crippen LogP contribution in [0.5, 0.6) is 0 Å². The fraction of sp³-hybridized carbons (Fsp3) is 0.522. The summed E-state index contributed by atoms with van der Waals surface area (Å²) in [6, 6.07) is 2.01. The van der Waals surface area contributed by atoms with Gasteiger partial charge in [0, 0.05) is 6.04 Å². The Balaban J connectivity index is 1.57. The molecule has 8 heteroatoms. The Bertz CT molecular complexity index is 1120. The fourth-order valence-electron chi connectivity index (χ4n) is 5.04. The fourth-order valence-corrected chi connectivity index (χ4v) is 6.69. The van der Waals surface area contributed by atoms with Gasteiger partial charge in [0.25, 0.3) is 5.56 Å². The summed E-state index contributed by atoms with van der Waals surface area (Å²) in [7, 11) is 0. The van der Waals surface area contributed by atoms with Gasteiger partial charge in [-0.15, -0.1) is 11.3 Å². The Morgan fingerprint density at radius 1 is 1.35 bits per heavy atom. The molecule has 0 spiro atoms. The van der Waals surface area contributed by atoms with E-state index in [4.69, 9.17) is 4.74 Å². The predicted molar refractivity (Wildman–Crippen MR) is 123 cm³/mol. The van der Waals surface area contributed by atoms with E-state index in [1.54, 1.807) is 24.3 Å². The molecule has 0 saturated heterocycles. The van der Waals surface area contributed by atoms with Crippen LogP contribution >= 0.6 is 22.7 Å². The maximum absolute atomic E-state index is 13.0. The molecule has 2 bridgehead atoms. The van der Waals surface area contributed by atoms with Crippen molar-refractivity contribution in [3.05, 3.63) is 41.9 Å². The zero-order chi connectivity index (χ0) is 22.0. The van der Waals surface area contributed by atoms with Crippen molar-refractivity contribution < 1.29 is 14.3 Å². The van der Waals surface area contributed by atoms with Crippen molar-refractivity contribution in [3.8, 4) is 0 Å². The summed E-state index contributed by atoms with van der Waals surface area (Å²) < 4.78 is 7.30. The van der Waals surface area contributed by atoms with E-state index in [1.165, 1.54) is 47.7 Å². The molecule has 1 N–H and O–H groups in total. The Kier molecular flexibility index (Phi) is 6.77. The SMILES string of the molecule is CCOC(=O)/C=c1/s/c(=C/c2ccsc2)c(=O)n1CC(=O)NC(C)C1CC2CCC1C2. The van der Waals surface area contributed by atoms with E-state index in [-0.39, 0.29) is 30.7 Å². The number of ether oxygens (including phenoxy) is 1. The first kappa shape index (κ1) is 22.0. The number of nitrogens with zero attached hydrogens (tertiary/aromatic N) is 1. The van der Waals surface area contributed by atoms with Gasteiger partial charge in [0.1, 0.15) is 11.2 Å². The third kappa shape index (κ3) is 5.01. The van der Waals surface area contributed by atoms with E-state index in [0.717, 1.165) is 11.5 Å². The minimum absolute atomic E-state index is 0.0893. The van der Waals surface area contributed by atoms with Crippen molar-refractivity contribution in [2.24, 2.45) is 17.8 Å². The predicted octanol–water partition coefficient (Wildman–Crippen LogP) is 2.08. The lowest BCUT2D eigenvalue weighted by molar-refractivity contribution is -0.135. The van der Waals surface area contributed by atoms with E-state index >= 15 is 0 Å². The number of carbonyl (C=O) groups excluding carboxylic acids is 2. The summed E-state index contributed by atoms with van der Waals surface area (Å²) in [4.78, 5) is 37.9. The molecule has 4 atom stereocenters. The van der Waals surface area contributed by atoms with Crippen molar-refractivity contribution in [1.29, 1.82) is 0 Å². The highest BCUT2D eigenvalue weighted by molar-refractivity contribution is 7.08. The van der Waals surface area contributed by atoms with Gasteiger partial charge in [-0.1, -0.05) is 6.42 Å². The van der Waals surface area contributed by atoms with Crippen molar-refractivity contribution in [3.63, 3.8) is 0 Å². The Morgan fingerprint density at radius 3 is 2.84 bits per heavy atom. The molecule has 2 fully saturated rings. The smallest absolute Gasteiger partial charge is 0.333 e. The summed E-state index contributed by atoms with van der Waals surface area (Å²) in [6.07, 6.45) is 8.15. The number of hydrogen-bond donors (Lipinski definition) is 1. The Morgan fingerprint density at radius 2 is 2.19 bits per heavy atom. The second-order valence-electron chi connectivity index (χ2n) is 8.49. The molecule has 2 aromatic heterocycles. The van der Waals surface area contributed by atoms with E-state index in [2.05, 4.69) is 12.2 Å². The summed E-state index contributed by atoms with van der Waals surface area (Å²) in [6.45, 7) is 3.94. The first-order valence-corrected chi connectivity index (χ1v) is 12.6. The number of fused-ring (bicyclic) bond motifs is 2. The highest BCUT2D eigenvalue weighted by atomic mass is 32.1. The van der Waals surface area contributed by atoms with Crippen LogP contribution in [0.15, 0.2) is 21.6 Å². The van der Waals surface area contributed by atoms with Crippen LogP contribution in [-0.2, 0) is 20.9 Å². The first-order chi connectivity index (χ1) is 14.9. The van der Waals surface area contributed by atoms with Gasteiger partial charge in [0.2, 0.25) is 5.91 Å². The van der Waals surface area contributed by atoms with Crippen LogP contribution in [0.25, 0.3) is 12.2 Å². The molecule has 166 valence electrons.